The van der Waals surface area contributed by atoms with Gasteiger partial charge >= 0.3 is 5.97 Å². The van der Waals surface area contributed by atoms with Crippen molar-refractivity contribution >= 4 is 33.5 Å². The van der Waals surface area contributed by atoms with Crippen LogP contribution in [0.3, 0.4) is 0 Å². The number of hydrogen-bond acceptors (Lipinski definition) is 2. The third kappa shape index (κ3) is 2.91. The van der Waals surface area contributed by atoms with E-state index in [2.05, 4.69) is 15.9 Å². The van der Waals surface area contributed by atoms with E-state index in [0.29, 0.717) is 15.2 Å². The minimum absolute atomic E-state index is 0.214. The van der Waals surface area contributed by atoms with Gasteiger partial charge in [0.25, 0.3) is 0 Å². The molecule has 0 aliphatic rings. The molecule has 0 aliphatic heterocycles. The number of halogens is 2. The van der Waals surface area contributed by atoms with Gasteiger partial charge in [-0.25, -0.2) is 4.79 Å². The Morgan fingerprint density at radius 2 is 1.84 bits per heavy atom. The standard InChI is InChI=1S/C14H10BrClO3/c1-19-13-7-9(3-5-12(13)16)8-2-4-11(15)10(6-8)14(17)18/h2-7H,1H3,(H,17,18). The molecule has 0 unspecified atom stereocenters. The van der Waals surface area contributed by atoms with Crippen LogP contribution in [0.5, 0.6) is 5.75 Å². The zero-order valence-electron chi connectivity index (χ0n) is 9.98. The quantitative estimate of drug-likeness (QED) is 0.895. The molecule has 0 radical (unpaired) electrons. The summed E-state index contributed by atoms with van der Waals surface area (Å²) in [6.45, 7) is 0. The summed E-state index contributed by atoms with van der Waals surface area (Å²) in [5.74, 6) is -0.423. The SMILES string of the molecule is COc1cc(-c2ccc(Br)c(C(=O)O)c2)ccc1Cl. The van der Waals surface area contributed by atoms with Gasteiger partial charge in [-0.15, -0.1) is 0 Å². The van der Waals surface area contributed by atoms with Gasteiger partial charge in [0, 0.05) is 4.47 Å². The second-order valence-corrected chi connectivity index (χ2v) is 5.11. The average molecular weight is 342 g/mol. The van der Waals surface area contributed by atoms with Crippen LogP contribution in [0, 0.1) is 0 Å². The van der Waals surface area contributed by atoms with E-state index in [1.165, 1.54) is 7.11 Å². The molecular weight excluding hydrogens is 332 g/mol. The van der Waals surface area contributed by atoms with Crippen molar-refractivity contribution in [3.05, 3.63) is 51.5 Å². The molecular formula is C14H10BrClO3. The first kappa shape index (κ1) is 13.9. The van der Waals surface area contributed by atoms with E-state index in [0.717, 1.165) is 11.1 Å². The maximum atomic E-state index is 11.1. The van der Waals surface area contributed by atoms with Crippen LogP contribution >= 0.6 is 27.5 Å². The number of hydrogen-bond donors (Lipinski definition) is 1. The Morgan fingerprint density at radius 3 is 2.47 bits per heavy atom. The molecule has 19 heavy (non-hydrogen) atoms. The molecule has 0 saturated carbocycles. The summed E-state index contributed by atoms with van der Waals surface area (Å²) in [5, 5.41) is 9.62. The van der Waals surface area contributed by atoms with Crippen molar-refractivity contribution < 1.29 is 14.6 Å². The largest absolute Gasteiger partial charge is 0.495 e. The lowest BCUT2D eigenvalue weighted by Gasteiger charge is -2.08. The van der Waals surface area contributed by atoms with E-state index < -0.39 is 5.97 Å². The van der Waals surface area contributed by atoms with Crippen molar-refractivity contribution in [2.45, 2.75) is 0 Å². The van der Waals surface area contributed by atoms with E-state index in [-0.39, 0.29) is 5.56 Å². The van der Waals surface area contributed by atoms with E-state index >= 15 is 0 Å². The minimum Gasteiger partial charge on any atom is -0.495 e. The summed E-state index contributed by atoms with van der Waals surface area (Å²) in [6, 6.07) is 10.5. The fraction of sp³-hybridized carbons (Fsp3) is 0.0714. The van der Waals surface area contributed by atoms with E-state index in [4.69, 9.17) is 21.4 Å². The molecule has 0 fully saturated rings. The third-order valence-corrected chi connectivity index (χ3v) is 3.68. The van der Waals surface area contributed by atoms with Crippen LogP contribution in [0.4, 0.5) is 0 Å². The fourth-order valence-corrected chi connectivity index (χ4v) is 2.32. The molecule has 1 N–H and O–H groups in total. The third-order valence-electron chi connectivity index (χ3n) is 2.68. The zero-order valence-corrected chi connectivity index (χ0v) is 12.3. The maximum absolute atomic E-state index is 11.1. The highest BCUT2D eigenvalue weighted by Gasteiger charge is 2.11. The minimum atomic E-state index is -0.977. The number of rotatable bonds is 3. The van der Waals surface area contributed by atoms with Crippen molar-refractivity contribution in [3.63, 3.8) is 0 Å². The van der Waals surface area contributed by atoms with Crippen LogP contribution in [0.1, 0.15) is 10.4 Å². The first-order chi connectivity index (χ1) is 9.02. The Balaban J connectivity index is 2.53. The molecule has 3 nitrogen and oxygen atoms in total. The molecule has 0 spiro atoms. The van der Waals surface area contributed by atoms with Crippen LogP contribution in [-0.2, 0) is 0 Å². The first-order valence-corrected chi connectivity index (χ1v) is 6.57. The van der Waals surface area contributed by atoms with Gasteiger partial charge in [0.1, 0.15) is 5.75 Å². The smallest absolute Gasteiger partial charge is 0.336 e. The summed E-state index contributed by atoms with van der Waals surface area (Å²) in [5.41, 5.74) is 1.85. The van der Waals surface area contributed by atoms with Crippen LogP contribution in [0.2, 0.25) is 5.02 Å². The van der Waals surface area contributed by atoms with Crippen LogP contribution in [0.15, 0.2) is 40.9 Å². The molecule has 2 aromatic rings. The molecule has 0 heterocycles. The molecule has 5 heteroatoms. The van der Waals surface area contributed by atoms with Crippen molar-refractivity contribution in [1.29, 1.82) is 0 Å². The highest BCUT2D eigenvalue weighted by molar-refractivity contribution is 9.10. The number of carboxylic acid groups (broad SMARTS) is 1. The zero-order chi connectivity index (χ0) is 14.0. The van der Waals surface area contributed by atoms with Gasteiger partial charge in [-0.2, -0.15) is 0 Å². The molecule has 0 bridgehead atoms. The summed E-state index contributed by atoms with van der Waals surface area (Å²) in [6.07, 6.45) is 0. The summed E-state index contributed by atoms with van der Waals surface area (Å²) in [4.78, 5) is 11.1. The Kier molecular flexibility index (Phi) is 4.12. The summed E-state index contributed by atoms with van der Waals surface area (Å²) >= 11 is 9.18. The summed E-state index contributed by atoms with van der Waals surface area (Å²) < 4.78 is 5.70. The van der Waals surface area contributed by atoms with Gasteiger partial charge in [-0.1, -0.05) is 23.7 Å². The topological polar surface area (TPSA) is 46.5 Å². The van der Waals surface area contributed by atoms with Gasteiger partial charge in [-0.05, 0) is 51.3 Å². The van der Waals surface area contributed by atoms with Crippen LogP contribution in [0.25, 0.3) is 11.1 Å². The molecule has 0 amide bonds. The van der Waals surface area contributed by atoms with Gasteiger partial charge in [0.05, 0.1) is 17.7 Å². The van der Waals surface area contributed by atoms with Crippen LogP contribution < -0.4 is 4.74 Å². The predicted octanol–water partition coefficient (Wildman–Crippen LogP) is 4.48. The molecule has 0 atom stereocenters. The Morgan fingerprint density at radius 1 is 1.21 bits per heavy atom. The van der Waals surface area contributed by atoms with Crippen molar-refractivity contribution in [2.24, 2.45) is 0 Å². The lowest BCUT2D eigenvalue weighted by Crippen LogP contribution is -1.98. The number of carbonyl (C=O) groups is 1. The van der Waals surface area contributed by atoms with E-state index in [1.807, 2.05) is 12.1 Å². The number of benzene rings is 2. The molecule has 98 valence electrons. The molecule has 0 saturated heterocycles. The number of carboxylic acids is 1. The molecule has 2 rings (SSSR count). The first-order valence-electron chi connectivity index (χ1n) is 5.39. The lowest BCUT2D eigenvalue weighted by atomic mass is 10.0. The number of aromatic carboxylic acids is 1. The second kappa shape index (κ2) is 5.63. The molecule has 0 aromatic heterocycles. The molecule has 0 aliphatic carbocycles. The highest BCUT2D eigenvalue weighted by Crippen LogP contribution is 2.32. The maximum Gasteiger partial charge on any atom is 0.336 e. The highest BCUT2D eigenvalue weighted by atomic mass is 79.9. The fourth-order valence-electron chi connectivity index (χ4n) is 1.71. The predicted molar refractivity (Wildman–Crippen MR) is 78.1 cm³/mol. The van der Waals surface area contributed by atoms with E-state index in [1.54, 1.807) is 24.3 Å². The summed E-state index contributed by atoms with van der Waals surface area (Å²) in [7, 11) is 1.54. The lowest BCUT2D eigenvalue weighted by molar-refractivity contribution is 0.0696. The van der Waals surface area contributed by atoms with Crippen molar-refractivity contribution in [1.82, 2.24) is 0 Å². The molecule has 2 aromatic carbocycles. The normalized spacial score (nSPS) is 10.3. The van der Waals surface area contributed by atoms with E-state index in [9.17, 15) is 4.79 Å². The van der Waals surface area contributed by atoms with Crippen molar-refractivity contribution in [3.8, 4) is 16.9 Å². The van der Waals surface area contributed by atoms with Crippen molar-refractivity contribution in [2.75, 3.05) is 7.11 Å². The van der Waals surface area contributed by atoms with Gasteiger partial charge < -0.3 is 9.84 Å². The van der Waals surface area contributed by atoms with Gasteiger partial charge in [0.15, 0.2) is 0 Å². The number of ether oxygens (including phenoxy) is 1. The van der Waals surface area contributed by atoms with Gasteiger partial charge in [0.2, 0.25) is 0 Å². The van der Waals surface area contributed by atoms with Crippen LogP contribution in [-0.4, -0.2) is 18.2 Å². The van der Waals surface area contributed by atoms with Gasteiger partial charge in [-0.3, -0.25) is 0 Å². The average Bonchev–Trinajstić information content (AvgIpc) is 2.39. The Bertz CT molecular complexity index is 641. The second-order valence-electron chi connectivity index (χ2n) is 3.85. The Labute approximate surface area is 123 Å². The number of methoxy groups -OCH3 is 1. The monoisotopic (exact) mass is 340 g/mol. The Hall–Kier alpha value is -1.52.